The highest BCUT2D eigenvalue weighted by molar-refractivity contribution is 8.00. The second-order valence-electron chi connectivity index (χ2n) is 10.4. The molecular weight excluding hydrogens is 574 g/mol. The van der Waals surface area contributed by atoms with E-state index in [1.807, 2.05) is 0 Å². The number of nitrogens with zero attached hydrogens (tertiary/aromatic N) is 3. The topological polar surface area (TPSA) is 207 Å². The molecule has 1 heterocycles. The number of hydrogen-bond donors (Lipinski definition) is 4. The molecule has 1 amide bonds. The van der Waals surface area contributed by atoms with Gasteiger partial charge in [0.15, 0.2) is 0 Å². The van der Waals surface area contributed by atoms with Gasteiger partial charge in [-0.15, -0.1) is 16.9 Å². The summed E-state index contributed by atoms with van der Waals surface area (Å²) in [5.74, 6) is -3.05. The van der Waals surface area contributed by atoms with E-state index in [2.05, 4.69) is 36.4 Å². The average molecular weight is 622 g/mol. The molecular formula is C26H47N5O10S. The quantitative estimate of drug-likeness (QED) is 0.103. The van der Waals surface area contributed by atoms with E-state index in [1.165, 1.54) is 0 Å². The van der Waals surface area contributed by atoms with Gasteiger partial charge in [-0.1, -0.05) is 26.0 Å². The van der Waals surface area contributed by atoms with Gasteiger partial charge in [0.2, 0.25) is 5.91 Å². The summed E-state index contributed by atoms with van der Waals surface area (Å²) in [6.07, 6.45) is 2.19. The third-order valence-electron chi connectivity index (χ3n) is 5.43. The minimum absolute atomic E-state index is 0.0372. The minimum Gasteiger partial charge on any atom is -0.481 e. The van der Waals surface area contributed by atoms with Crippen LogP contribution in [0.15, 0.2) is 6.20 Å². The van der Waals surface area contributed by atoms with Gasteiger partial charge in [0, 0.05) is 12.4 Å². The molecule has 0 bridgehead atoms. The molecule has 0 spiro atoms. The van der Waals surface area contributed by atoms with E-state index in [0.717, 1.165) is 24.8 Å². The highest BCUT2D eigenvalue weighted by Crippen LogP contribution is 2.18. The van der Waals surface area contributed by atoms with E-state index in [1.54, 1.807) is 10.9 Å². The molecule has 2 atom stereocenters. The molecule has 42 heavy (non-hydrogen) atoms. The zero-order chi connectivity index (χ0) is 31.2. The Morgan fingerprint density at radius 2 is 1.45 bits per heavy atom. The lowest BCUT2D eigenvalue weighted by molar-refractivity contribution is -0.138. The Bertz CT molecular complexity index is 899. The van der Waals surface area contributed by atoms with Crippen molar-refractivity contribution in [2.24, 2.45) is 11.1 Å². The summed E-state index contributed by atoms with van der Waals surface area (Å²) in [7, 11) is 0. The molecule has 0 aliphatic heterocycles. The molecule has 5 N–H and O–H groups in total. The van der Waals surface area contributed by atoms with Crippen molar-refractivity contribution < 1.29 is 48.3 Å². The number of rotatable bonds is 26. The predicted molar refractivity (Wildman–Crippen MR) is 154 cm³/mol. The van der Waals surface area contributed by atoms with Gasteiger partial charge in [-0.05, 0) is 11.8 Å². The van der Waals surface area contributed by atoms with E-state index in [4.69, 9.17) is 39.6 Å². The number of aromatic nitrogens is 3. The molecule has 242 valence electrons. The second kappa shape index (κ2) is 22.2. The molecule has 1 rings (SSSR count). The van der Waals surface area contributed by atoms with Gasteiger partial charge < -0.3 is 44.9 Å². The van der Waals surface area contributed by atoms with Crippen LogP contribution in [-0.4, -0.2) is 126 Å². The van der Waals surface area contributed by atoms with Gasteiger partial charge >= 0.3 is 11.9 Å². The van der Waals surface area contributed by atoms with Crippen molar-refractivity contribution in [1.29, 1.82) is 0 Å². The van der Waals surface area contributed by atoms with Crippen LogP contribution in [0.1, 0.15) is 39.3 Å². The van der Waals surface area contributed by atoms with Gasteiger partial charge in [-0.25, -0.2) is 4.68 Å². The fraction of sp³-hybridized carbons (Fsp3) is 0.808. The Morgan fingerprint density at radius 3 is 1.95 bits per heavy atom. The minimum atomic E-state index is -1.23. The van der Waals surface area contributed by atoms with Gasteiger partial charge in [-0.3, -0.25) is 14.4 Å². The maximum Gasteiger partial charge on any atom is 0.321 e. The lowest BCUT2D eigenvalue weighted by Crippen LogP contribution is -2.37. The Kier molecular flexibility index (Phi) is 19.9. The number of carbonyl (C=O) groups excluding carboxylic acids is 1. The summed E-state index contributed by atoms with van der Waals surface area (Å²) >= 11 is 0.881. The maximum absolute atomic E-state index is 12.4. The second-order valence-corrected chi connectivity index (χ2v) is 11.7. The molecule has 2 unspecified atom stereocenters. The smallest absolute Gasteiger partial charge is 0.321 e. The molecule has 15 nitrogen and oxygen atoms in total. The largest absolute Gasteiger partial charge is 0.481 e. The fourth-order valence-corrected chi connectivity index (χ4v) is 4.09. The Balaban J connectivity index is 2.04. The SMILES string of the molecule is CC(C)(C)CCOCCOCCOCCOCCOCCn1cc(CNC(=O)C(CC(=O)O)SCC(N)C(=O)O)nn1. The van der Waals surface area contributed by atoms with Crippen molar-refractivity contribution in [3.8, 4) is 0 Å². The Morgan fingerprint density at radius 1 is 0.929 bits per heavy atom. The lowest BCUT2D eigenvalue weighted by atomic mass is 9.93. The number of thioether (sulfide) groups is 1. The number of nitrogens with one attached hydrogen (secondary N) is 1. The van der Waals surface area contributed by atoms with Crippen LogP contribution in [0.4, 0.5) is 0 Å². The van der Waals surface area contributed by atoms with Crippen LogP contribution in [0.5, 0.6) is 0 Å². The predicted octanol–water partition coefficient (Wildman–Crippen LogP) is 0.402. The van der Waals surface area contributed by atoms with E-state index >= 15 is 0 Å². The van der Waals surface area contributed by atoms with E-state index in [9.17, 15) is 14.4 Å². The first-order chi connectivity index (χ1) is 20.0. The molecule has 0 aliphatic carbocycles. The van der Waals surface area contributed by atoms with Gasteiger partial charge in [0.25, 0.3) is 0 Å². The van der Waals surface area contributed by atoms with E-state index in [-0.39, 0.29) is 17.7 Å². The third-order valence-corrected chi connectivity index (χ3v) is 6.76. The van der Waals surface area contributed by atoms with Crippen molar-refractivity contribution in [2.45, 2.75) is 58.0 Å². The molecule has 1 aromatic rings. The summed E-state index contributed by atoms with van der Waals surface area (Å²) in [4.78, 5) is 34.4. The van der Waals surface area contributed by atoms with E-state index in [0.29, 0.717) is 71.7 Å². The summed E-state index contributed by atoms with van der Waals surface area (Å²) in [5, 5.41) is 27.5. The van der Waals surface area contributed by atoms with Crippen molar-refractivity contribution in [2.75, 3.05) is 71.8 Å². The van der Waals surface area contributed by atoms with Gasteiger partial charge in [0.1, 0.15) is 11.7 Å². The first-order valence-electron chi connectivity index (χ1n) is 13.8. The van der Waals surface area contributed by atoms with Crippen LogP contribution in [0.3, 0.4) is 0 Å². The molecule has 1 aromatic heterocycles. The van der Waals surface area contributed by atoms with Crippen LogP contribution >= 0.6 is 11.8 Å². The monoisotopic (exact) mass is 621 g/mol. The normalized spacial score (nSPS) is 13.1. The zero-order valence-corrected chi connectivity index (χ0v) is 25.6. The van der Waals surface area contributed by atoms with Crippen LogP contribution in [0, 0.1) is 5.41 Å². The molecule has 16 heteroatoms. The van der Waals surface area contributed by atoms with E-state index < -0.39 is 35.6 Å². The van der Waals surface area contributed by atoms with Crippen LogP contribution < -0.4 is 11.1 Å². The third kappa shape index (κ3) is 20.5. The summed E-state index contributed by atoms with van der Waals surface area (Å²) in [6.45, 7) is 12.0. The number of ether oxygens (including phenoxy) is 5. The van der Waals surface area contributed by atoms with Crippen molar-refractivity contribution >= 4 is 29.6 Å². The molecule has 0 saturated carbocycles. The molecule has 0 aliphatic rings. The fourth-order valence-electron chi connectivity index (χ4n) is 3.02. The van der Waals surface area contributed by atoms with Crippen molar-refractivity contribution in [3.63, 3.8) is 0 Å². The van der Waals surface area contributed by atoms with Crippen LogP contribution in [-0.2, 0) is 51.2 Å². The highest BCUT2D eigenvalue weighted by Gasteiger charge is 2.24. The van der Waals surface area contributed by atoms with Crippen LogP contribution in [0.25, 0.3) is 0 Å². The molecule has 0 saturated heterocycles. The number of hydrogen-bond acceptors (Lipinski definition) is 12. The number of amides is 1. The first-order valence-corrected chi connectivity index (χ1v) is 14.9. The first kappa shape index (κ1) is 37.7. The number of carbonyl (C=O) groups is 3. The van der Waals surface area contributed by atoms with Crippen molar-refractivity contribution in [3.05, 3.63) is 11.9 Å². The lowest BCUT2D eigenvalue weighted by Gasteiger charge is -2.17. The maximum atomic E-state index is 12.4. The number of nitrogens with two attached hydrogens (primary N) is 1. The zero-order valence-electron chi connectivity index (χ0n) is 24.8. The number of carboxylic acid groups (broad SMARTS) is 2. The molecule has 0 aromatic carbocycles. The van der Waals surface area contributed by atoms with Gasteiger partial charge in [0.05, 0.1) is 90.4 Å². The Hall–Kier alpha value is -2.34. The molecule has 0 fully saturated rings. The van der Waals surface area contributed by atoms with Gasteiger partial charge in [-0.2, -0.15) is 0 Å². The summed E-state index contributed by atoms with van der Waals surface area (Å²) in [6, 6.07) is -1.20. The van der Waals surface area contributed by atoms with Crippen molar-refractivity contribution in [1.82, 2.24) is 20.3 Å². The van der Waals surface area contributed by atoms with Crippen LogP contribution in [0.2, 0.25) is 0 Å². The average Bonchev–Trinajstić information content (AvgIpc) is 3.38. The molecule has 0 radical (unpaired) electrons. The number of carboxylic acids is 2. The summed E-state index contributed by atoms with van der Waals surface area (Å²) in [5.41, 5.74) is 6.19. The Labute approximate surface area is 251 Å². The number of aliphatic carboxylic acids is 2. The summed E-state index contributed by atoms with van der Waals surface area (Å²) < 4.78 is 29.0. The standard InChI is InChI=1S/C26H47N5O10S/c1-26(2,3)4-6-37-8-10-39-12-14-41-15-13-40-11-9-38-7-5-31-18-20(29-30-31)17-28-24(34)22(16-23(32)33)42-19-21(27)25(35)36/h18,21-22H,4-17,19,27H2,1-3H3,(H,28,34)(H,32,33)(H,35,36). The highest BCUT2D eigenvalue weighted by atomic mass is 32.2.